The van der Waals surface area contributed by atoms with Gasteiger partial charge in [0.15, 0.2) is 0 Å². The van der Waals surface area contributed by atoms with E-state index in [0.717, 1.165) is 24.9 Å². The molecular formula is C23H27N3. The molecule has 3 rings (SSSR count). The van der Waals surface area contributed by atoms with Crippen LogP contribution in [0, 0.1) is 5.92 Å². The van der Waals surface area contributed by atoms with Crippen LogP contribution in [0.15, 0.2) is 79.6 Å². The molecule has 2 N–H and O–H groups in total. The predicted octanol–water partition coefficient (Wildman–Crippen LogP) is 4.81. The molecule has 0 fully saturated rings. The van der Waals surface area contributed by atoms with Gasteiger partial charge in [-0.1, -0.05) is 60.7 Å². The lowest BCUT2D eigenvalue weighted by molar-refractivity contribution is 0.466. The van der Waals surface area contributed by atoms with Gasteiger partial charge in [0.25, 0.3) is 0 Å². The van der Waals surface area contributed by atoms with E-state index in [9.17, 15) is 0 Å². The van der Waals surface area contributed by atoms with Crippen LogP contribution in [0.25, 0.3) is 11.1 Å². The van der Waals surface area contributed by atoms with Gasteiger partial charge in [-0.25, -0.2) is 0 Å². The molecule has 3 heteroatoms. The molecule has 0 aliphatic rings. The number of hydrogen-bond acceptors (Lipinski definition) is 2. The number of hydrogen-bond donors (Lipinski definition) is 2. The molecular weight excluding hydrogens is 318 g/mol. The Morgan fingerprint density at radius 3 is 2.46 bits per heavy atom. The average Bonchev–Trinajstić information content (AvgIpc) is 3.23. The summed E-state index contributed by atoms with van der Waals surface area (Å²) in [5.74, 6) is 0.851. The molecule has 0 spiro atoms. The lowest BCUT2D eigenvalue weighted by Crippen LogP contribution is -2.19. The summed E-state index contributed by atoms with van der Waals surface area (Å²) >= 11 is 0. The molecule has 0 radical (unpaired) electrons. The molecule has 134 valence electrons. The molecule has 0 bridgehead atoms. The number of aromatic amines is 1. The Morgan fingerprint density at radius 2 is 1.85 bits per heavy atom. The summed E-state index contributed by atoms with van der Waals surface area (Å²) in [4.78, 5) is 0. The van der Waals surface area contributed by atoms with Crippen LogP contribution in [-0.2, 0) is 6.42 Å². The third-order valence-corrected chi connectivity index (χ3v) is 5.01. The zero-order valence-electron chi connectivity index (χ0n) is 15.4. The van der Waals surface area contributed by atoms with Crippen molar-refractivity contribution in [3.8, 4) is 11.1 Å². The van der Waals surface area contributed by atoms with Gasteiger partial charge < -0.3 is 5.32 Å². The van der Waals surface area contributed by atoms with Gasteiger partial charge in [0, 0.05) is 11.8 Å². The van der Waals surface area contributed by atoms with Crippen LogP contribution in [-0.4, -0.2) is 23.8 Å². The van der Waals surface area contributed by atoms with Crippen LogP contribution in [0.3, 0.4) is 0 Å². The number of rotatable bonds is 9. The highest BCUT2D eigenvalue weighted by atomic mass is 15.1. The van der Waals surface area contributed by atoms with Crippen LogP contribution in [0.1, 0.15) is 23.5 Å². The molecule has 0 saturated heterocycles. The number of nitrogens with zero attached hydrogens (tertiary/aromatic N) is 1. The molecule has 2 atom stereocenters. The molecule has 0 aliphatic carbocycles. The number of aromatic nitrogens is 2. The van der Waals surface area contributed by atoms with Crippen molar-refractivity contribution in [2.45, 2.75) is 18.8 Å². The molecule has 0 amide bonds. The fraction of sp³-hybridized carbons (Fsp3) is 0.261. The first kappa shape index (κ1) is 18.2. The summed E-state index contributed by atoms with van der Waals surface area (Å²) in [6, 6.07) is 19.6. The Balaban J connectivity index is 1.82. The van der Waals surface area contributed by atoms with Gasteiger partial charge in [0.1, 0.15) is 0 Å². The van der Waals surface area contributed by atoms with Gasteiger partial charge >= 0.3 is 0 Å². The van der Waals surface area contributed by atoms with E-state index in [1.165, 1.54) is 16.7 Å². The maximum atomic E-state index is 4.14. The summed E-state index contributed by atoms with van der Waals surface area (Å²) in [6.45, 7) is 5.13. The first-order valence-corrected chi connectivity index (χ1v) is 9.22. The quantitative estimate of drug-likeness (QED) is 0.546. The van der Waals surface area contributed by atoms with Crippen molar-refractivity contribution >= 4 is 0 Å². The minimum atomic E-state index is 0.408. The molecule has 0 saturated carbocycles. The fourth-order valence-electron chi connectivity index (χ4n) is 3.54. The van der Waals surface area contributed by atoms with Crippen molar-refractivity contribution in [3.63, 3.8) is 0 Å². The van der Waals surface area contributed by atoms with Crippen LogP contribution in [0.5, 0.6) is 0 Å². The van der Waals surface area contributed by atoms with E-state index in [1.54, 1.807) is 0 Å². The SMILES string of the molecule is C=CC(Cc1ccccc1)C(CCNC)c1ccc(-c2cn[nH]c2)cc1. The Morgan fingerprint density at radius 1 is 1.08 bits per heavy atom. The number of nitrogens with one attached hydrogen (secondary N) is 2. The van der Waals surface area contributed by atoms with Gasteiger partial charge in [0.05, 0.1) is 6.20 Å². The topological polar surface area (TPSA) is 40.7 Å². The highest BCUT2D eigenvalue weighted by Crippen LogP contribution is 2.32. The third-order valence-electron chi connectivity index (χ3n) is 5.01. The van der Waals surface area contributed by atoms with Crippen molar-refractivity contribution in [1.82, 2.24) is 15.5 Å². The number of allylic oxidation sites excluding steroid dienone is 1. The second kappa shape index (κ2) is 9.16. The smallest absolute Gasteiger partial charge is 0.0565 e. The lowest BCUT2D eigenvalue weighted by atomic mass is 9.80. The van der Waals surface area contributed by atoms with E-state index in [1.807, 2.05) is 19.4 Å². The Hall–Kier alpha value is -2.65. The maximum absolute atomic E-state index is 4.14. The number of H-pyrrole nitrogens is 1. The second-order valence-electron chi connectivity index (χ2n) is 6.70. The first-order valence-electron chi connectivity index (χ1n) is 9.22. The van der Waals surface area contributed by atoms with Gasteiger partial charge in [-0.3, -0.25) is 5.10 Å². The Bertz CT molecular complexity index is 776. The minimum absolute atomic E-state index is 0.408. The molecule has 0 aliphatic heterocycles. The van der Waals surface area contributed by atoms with Crippen LogP contribution in [0.2, 0.25) is 0 Å². The highest BCUT2D eigenvalue weighted by Gasteiger charge is 2.21. The van der Waals surface area contributed by atoms with E-state index in [2.05, 4.69) is 82.8 Å². The van der Waals surface area contributed by atoms with E-state index in [-0.39, 0.29) is 0 Å². The predicted molar refractivity (Wildman–Crippen MR) is 109 cm³/mol. The molecule has 3 aromatic rings. The Labute approximate surface area is 156 Å². The van der Waals surface area contributed by atoms with Crippen LogP contribution >= 0.6 is 0 Å². The Kier molecular flexibility index (Phi) is 6.39. The maximum Gasteiger partial charge on any atom is 0.0565 e. The summed E-state index contributed by atoms with van der Waals surface area (Å²) in [6.07, 6.45) is 8.01. The number of benzene rings is 2. The van der Waals surface area contributed by atoms with Gasteiger partial charge in [0.2, 0.25) is 0 Å². The summed E-state index contributed by atoms with van der Waals surface area (Å²) in [7, 11) is 2.01. The van der Waals surface area contributed by atoms with Crippen molar-refractivity contribution in [1.29, 1.82) is 0 Å². The molecule has 1 aromatic heterocycles. The fourth-order valence-corrected chi connectivity index (χ4v) is 3.54. The normalized spacial score (nSPS) is 13.3. The monoisotopic (exact) mass is 345 g/mol. The van der Waals surface area contributed by atoms with Crippen LogP contribution in [0.4, 0.5) is 0 Å². The minimum Gasteiger partial charge on any atom is -0.320 e. The zero-order valence-corrected chi connectivity index (χ0v) is 15.4. The summed E-state index contributed by atoms with van der Waals surface area (Å²) in [5, 5.41) is 10.2. The van der Waals surface area contributed by atoms with Gasteiger partial charge in [-0.05, 0) is 55.0 Å². The van der Waals surface area contributed by atoms with E-state index < -0.39 is 0 Å². The summed E-state index contributed by atoms with van der Waals surface area (Å²) in [5.41, 5.74) is 5.04. The molecule has 1 heterocycles. The molecule has 2 aromatic carbocycles. The van der Waals surface area contributed by atoms with E-state index in [4.69, 9.17) is 0 Å². The van der Waals surface area contributed by atoms with Crippen molar-refractivity contribution < 1.29 is 0 Å². The van der Waals surface area contributed by atoms with Gasteiger partial charge in [-0.15, -0.1) is 6.58 Å². The standard InChI is InChI=1S/C23H27N3/c1-3-19(15-18-7-5-4-6-8-18)23(13-14-24-2)21-11-9-20(10-12-21)22-16-25-26-17-22/h3-12,16-17,19,23-24H,1,13-15H2,2H3,(H,25,26). The molecule has 2 unspecified atom stereocenters. The molecule has 3 nitrogen and oxygen atoms in total. The third kappa shape index (κ3) is 4.50. The van der Waals surface area contributed by atoms with E-state index >= 15 is 0 Å². The van der Waals surface area contributed by atoms with Crippen molar-refractivity contribution in [3.05, 3.63) is 90.8 Å². The first-order chi connectivity index (χ1) is 12.8. The highest BCUT2D eigenvalue weighted by molar-refractivity contribution is 5.61. The largest absolute Gasteiger partial charge is 0.320 e. The lowest BCUT2D eigenvalue weighted by Gasteiger charge is -2.26. The summed E-state index contributed by atoms with van der Waals surface area (Å²) < 4.78 is 0. The average molecular weight is 345 g/mol. The van der Waals surface area contributed by atoms with Crippen molar-refractivity contribution in [2.75, 3.05) is 13.6 Å². The van der Waals surface area contributed by atoms with Gasteiger partial charge in [-0.2, -0.15) is 5.10 Å². The van der Waals surface area contributed by atoms with Crippen LogP contribution < -0.4 is 5.32 Å². The molecule has 26 heavy (non-hydrogen) atoms. The van der Waals surface area contributed by atoms with E-state index in [0.29, 0.717) is 11.8 Å². The zero-order chi connectivity index (χ0) is 18.2. The second-order valence-corrected chi connectivity index (χ2v) is 6.70. The van der Waals surface area contributed by atoms with Crippen molar-refractivity contribution in [2.24, 2.45) is 5.92 Å².